The maximum absolute atomic E-state index is 11.2. The van der Waals surface area contributed by atoms with E-state index < -0.39 is 5.97 Å². The Balaban J connectivity index is 2.24. The van der Waals surface area contributed by atoms with Crippen molar-refractivity contribution in [1.82, 2.24) is 4.98 Å². The molecule has 1 aromatic heterocycles. The van der Waals surface area contributed by atoms with Crippen LogP contribution < -0.4 is 4.90 Å². The fourth-order valence-electron chi connectivity index (χ4n) is 2.00. The number of thioether (sulfide) groups is 1. The highest BCUT2D eigenvalue weighted by molar-refractivity contribution is 8.00. The van der Waals surface area contributed by atoms with Crippen LogP contribution in [0.3, 0.4) is 0 Å². The van der Waals surface area contributed by atoms with Crippen molar-refractivity contribution in [1.29, 1.82) is 0 Å². The van der Waals surface area contributed by atoms with Gasteiger partial charge < -0.3 is 10.0 Å². The lowest BCUT2D eigenvalue weighted by Gasteiger charge is -2.34. The van der Waals surface area contributed by atoms with Crippen LogP contribution in [-0.2, 0) is 0 Å². The first kappa shape index (κ1) is 12.2. The van der Waals surface area contributed by atoms with Crippen LogP contribution in [0, 0.1) is 0 Å². The molecule has 0 bridgehead atoms. The molecule has 1 aliphatic rings. The van der Waals surface area contributed by atoms with Crippen LogP contribution in [0.25, 0.3) is 0 Å². The van der Waals surface area contributed by atoms with Crippen molar-refractivity contribution in [2.45, 2.75) is 18.6 Å². The monoisotopic (exact) mass is 252 g/mol. The molecule has 0 amide bonds. The molecule has 1 saturated heterocycles. The highest BCUT2D eigenvalue weighted by Crippen LogP contribution is 2.27. The zero-order valence-electron chi connectivity index (χ0n) is 9.80. The third kappa shape index (κ3) is 2.72. The normalized spacial score (nSPS) is 20.3. The second kappa shape index (κ2) is 5.40. The van der Waals surface area contributed by atoms with E-state index in [9.17, 15) is 4.79 Å². The zero-order valence-corrected chi connectivity index (χ0v) is 10.6. The lowest BCUT2D eigenvalue weighted by molar-refractivity contribution is 0.0697. The van der Waals surface area contributed by atoms with Gasteiger partial charge in [0.05, 0.1) is 17.4 Å². The molecule has 5 heteroatoms. The Hall–Kier alpha value is -1.23. The van der Waals surface area contributed by atoms with Gasteiger partial charge in [-0.2, -0.15) is 11.8 Å². The largest absolute Gasteiger partial charge is 0.478 e. The van der Waals surface area contributed by atoms with Crippen molar-refractivity contribution in [3.8, 4) is 0 Å². The maximum atomic E-state index is 11.2. The second-order valence-corrected chi connectivity index (χ2v) is 5.45. The molecule has 1 atom stereocenters. The summed E-state index contributed by atoms with van der Waals surface area (Å²) in [6, 6.07) is 1.57. The number of nitrogens with zero attached hydrogens (tertiary/aromatic N) is 2. The maximum Gasteiger partial charge on any atom is 0.337 e. The van der Waals surface area contributed by atoms with Gasteiger partial charge in [0.1, 0.15) is 0 Å². The Morgan fingerprint density at radius 2 is 2.53 bits per heavy atom. The number of carbonyl (C=O) groups is 1. The minimum Gasteiger partial charge on any atom is -0.478 e. The number of carboxylic acids is 1. The molecule has 17 heavy (non-hydrogen) atoms. The zero-order chi connectivity index (χ0) is 12.3. The summed E-state index contributed by atoms with van der Waals surface area (Å²) in [6.45, 7) is 3.97. The van der Waals surface area contributed by atoms with E-state index in [1.165, 1.54) is 6.20 Å². The SMILES string of the molecule is CCC1CN(c2cnccc2C(=O)O)CCS1. The van der Waals surface area contributed by atoms with Crippen molar-refractivity contribution in [3.05, 3.63) is 24.0 Å². The van der Waals surface area contributed by atoms with Crippen molar-refractivity contribution < 1.29 is 9.90 Å². The predicted molar refractivity (Wildman–Crippen MR) is 69.9 cm³/mol. The molecule has 0 aromatic carbocycles. The molecule has 0 aliphatic carbocycles. The fourth-order valence-corrected chi connectivity index (χ4v) is 3.18. The van der Waals surface area contributed by atoms with Gasteiger partial charge in [-0.15, -0.1) is 0 Å². The minimum atomic E-state index is -0.881. The van der Waals surface area contributed by atoms with E-state index in [0.29, 0.717) is 10.8 Å². The molecule has 0 spiro atoms. The Kier molecular flexibility index (Phi) is 3.89. The standard InChI is InChI=1S/C12H16N2O2S/c1-2-9-8-14(5-6-17-9)11-7-13-4-3-10(11)12(15)16/h3-4,7,9H,2,5-6,8H2,1H3,(H,15,16). The molecule has 1 fully saturated rings. The van der Waals surface area contributed by atoms with Crippen molar-refractivity contribution in [2.75, 3.05) is 23.7 Å². The van der Waals surface area contributed by atoms with Gasteiger partial charge in [-0.3, -0.25) is 4.98 Å². The summed E-state index contributed by atoms with van der Waals surface area (Å²) < 4.78 is 0. The Morgan fingerprint density at radius 1 is 1.71 bits per heavy atom. The molecule has 1 aromatic rings. The first-order chi connectivity index (χ1) is 8.22. The van der Waals surface area contributed by atoms with E-state index in [2.05, 4.69) is 16.8 Å². The molecule has 2 heterocycles. The predicted octanol–water partition coefficient (Wildman–Crippen LogP) is 2.11. The van der Waals surface area contributed by atoms with Crippen molar-refractivity contribution in [3.63, 3.8) is 0 Å². The van der Waals surface area contributed by atoms with Crippen molar-refractivity contribution >= 4 is 23.4 Å². The topological polar surface area (TPSA) is 53.4 Å². The van der Waals surface area contributed by atoms with Crippen LogP contribution >= 0.6 is 11.8 Å². The number of aromatic nitrogens is 1. The highest BCUT2D eigenvalue weighted by atomic mass is 32.2. The summed E-state index contributed by atoms with van der Waals surface area (Å²) in [5.74, 6) is 0.167. The van der Waals surface area contributed by atoms with E-state index >= 15 is 0 Å². The summed E-state index contributed by atoms with van der Waals surface area (Å²) in [5, 5.41) is 9.75. The number of hydrogen-bond donors (Lipinski definition) is 1. The van der Waals surface area contributed by atoms with Gasteiger partial charge in [-0.1, -0.05) is 6.92 Å². The van der Waals surface area contributed by atoms with Gasteiger partial charge in [0.2, 0.25) is 0 Å². The molecule has 2 rings (SSSR count). The van der Waals surface area contributed by atoms with E-state index in [-0.39, 0.29) is 0 Å². The van der Waals surface area contributed by atoms with Gasteiger partial charge in [-0.25, -0.2) is 4.79 Å². The quantitative estimate of drug-likeness (QED) is 0.893. The Morgan fingerprint density at radius 3 is 3.24 bits per heavy atom. The Labute approximate surface area is 105 Å². The minimum absolute atomic E-state index is 0.349. The lowest BCUT2D eigenvalue weighted by atomic mass is 10.2. The summed E-state index contributed by atoms with van der Waals surface area (Å²) in [7, 11) is 0. The van der Waals surface area contributed by atoms with Gasteiger partial charge in [-0.05, 0) is 12.5 Å². The molecule has 4 nitrogen and oxygen atoms in total. The molecule has 0 radical (unpaired) electrons. The molecular formula is C12H16N2O2S. The fraction of sp³-hybridized carbons (Fsp3) is 0.500. The van der Waals surface area contributed by atoms with Gasteiger partial charge in [0.25, 0.3) is 0 Å². The van der Waals surface area contributed by atoms with Gasteiger partial charge in [0, 0.05) is 30.3 Å². The third-order valence-corrected chi connectivity index (χ3v) is 4.34. The van der Waals surface area contributed by atoms with Crippen molar-refractivity contribution in [2.24, 2.45) is 0 Å². The van der Waals surface area contributed by atoms with Crippen LogP contribution in [0.4, 0.5) is 5.69 Å². The summed E-state index contributed by atoms with van der Waals surface area (Å²) in [4.78, 5) is 17.3. The second-order valence-electron chi connectivity index (χ2n) is 4.05. The highest BCUT2D eigenvalue weighted by Gasteiger charge is 2.22. The summed E-state index contributed by atoms with van der Waals surface area (Å²) in [6.07, 6.45) is 4.30. The van der Waals surface area contributed by atoms with E-state index in [1.54, 1.807) is 12.3 Å². The third-order valence-electron chi connectivity index (χ3n) is 2.97. The number of rotatable bonds is 3. The van der Waals surface area contributed by atoms with Crippen LogP contribution in [0.5, 0.6) is 0 Å². The molecule has 92 valence electrons. The number of hydrogen-bond acceptors (Lipinski definition) is 4. The Bertz CT molecular complexity index is 411. The van der Waals surface area contributed by atoms with Crippen LogP contribution in [-0.4, -0.2) is 40.2 Å². The molecule has 0 saturated carbocycles. The molecular weight excluding hydrogens is 236 g/mol. The van der Waals surface area contributed by atoms with Crippen LogP contribution in [0.1, 0.15) is 23.7 Å². The average Bonchev–Trinajstić information content (AvgIpc) is 2.39. The summed E-state index contributed by atoms with van der Waals surface area (Å²) in [5.41, 5.74) is 1.10. The van der Waals surface area contributed by atoms with E-state index in [4.69, 9.17) is 5.11 Å². The summed E-state index contributed by atoms with van der Waals surface area (Å²) >= 11 is 1.97. The molecule has 1 N–H and O–H groups in total. The number of pyridine rings is 1. The first-order valence-corrected chi connectivity index (χ1v) is 6.81. The van der Waals surface area contributed by atoms with E-state index in [1.807, 2.05) is 11.8 Å². The lowest BCUT2D eigenvalue weighted by Crippen LogP contribution is -2.38. The van der Waals surface area contributed by atoms with E-state index in [0.717, 1.165) is 31.0 Å². The number of aromatic carboxylic acids is 1. The van der Waals surface area contributed by atoms with Gasteiger partial charge >= 0.3 is 5.97 Å². The average molecular weight is 252 g/mol. The molecule has 1 unspecified atom stereocenters. The van der Waals surface area contributed by atoms with Crippen LogP contribution in [0.2, 0.25) is 0 Å². The number of carboxylic acid groups (broad SMARTS) is 1. The first-order valence-electron chi connectivity index (χ1n) is 5.76. The smallest absolute Gasteiger partial charge is 0.337 e. The number of anilines is 1. The van der Waals surface area contributed by atoms with Crippen LogP contribution in [0.15, 0.2) is 18.5 Å². The molecule has 1 aliphatic heterocycles. The van der Waals surface area contributed by atoms with Gasteiger partial charge in [0.15, 0.2) is 0 Å².